The number of likely N-dealkylation sites (tertiary alicyclic amines) is 1. The van der Waals surface area contributed by atoms with Gasteiger partial charge in [0.15, 0.2) is 0 Å². The summed E-state index contributed by atoms with van der Waals surface area (Å²) in [7, 11) is 1.99. The average Bonchev–Trinajstić information content (AvgIpc) is 2.43. The van der Waals surface area contributed by atoms with Gasteiger partial charge in [-0.25, -0.2) is 0 Å². The molecule has 1 heterocycles. The molecule has 1 N–H and O–H groups in total. The molecule has 4 nitrogen and oxygen atoms in total. The molecule has 0 saturated carbocycles. The Bertz CT molecular complexity index is 317. The number of hydrogen-bond acceptors (Lipinski definition) is 3. The minimum absolute atomic E-state index is 0.242. The zero-order valence-electron chi connectivity index (χ0n) is 13.5. The predicted octanol–water partition coefficient (Wildman–Crippen LogP) is 1.88. The van der Waals surface area contributed by atoms with Crippen LogP contribution in [0.5, 0.6) is 0 Å². The molecule has 0 aromatic rings. The zero-order valence-corrected chi connectivity index (χ0v) is 13.5. The summed E-state index contributed by atoms with van der Waals surface area (Å²) < 4.78 is 0. The first-order valence-electron chi connectivity index (χ1n) is 7.89. The third-order valence-corrected chi connectivity index (χ3v) is 4.01. The number of piperidine rings is 1. The molecule has 1 aliphatic heterocycles. The number of amides is 1. The average molecular weight is 281 g/mol. The van der Waals surface area contributed by atoms with E-state index in [1.165, 1.54) is 19.3 Å². The molecule has 1 rings (SSSR count). The van der Waals surface area contributed by atoms with Gasteiger partial charge in [0.05, 0.1) is 6.54 Å². The summed E-state index contributed by atoms with van der Waals surface area (Å²) >= 11 is 0. The minimum Gasteiger partial charge on any atom is -0.338 e. The van der Waals surface area contributed by atoms with Gasteiger partial charge in [0.1, 0.15) is 0 Å². The number of nitrogens with one attached hydrogen (secondary N) is 1. The zero-order chi connectivity index (χ0) is 15.0. The van der Waals surface area contributed by atoms with E-state index in [1.807, 2.05) is 25.8 Å². The van der Waals surface area contributed by atoms with E-state index >= 15 is 0 Å². The van der Waals surface area contributed by atoms with Gasteiger partial charge in [-0.3, -0.25) is 9.69 Å². The van der Waals surface area contributed by atoms with Crippen molar-refractivity contribution in [2.45, 2.75) is 45.6 Å². The monoisotopic (exact) mass is 281 g/mol. The van der Waals surface area contributed by atoms with E-state index in [1.54, 1.807) is 0 Å². The standard InChI is InChI=1S/C16H31N3O/c1-5-18(12-14(2)3)16(20)13-19-11-7-6-8-15(19)9-10-17-4/h15,17H,2,5-13H2,1,3-4H3. The summed E-state index contributed by atoms with van der Waals surface area (Å²) in [6.45, 7) is 12.0. The van der Waals surface area contributed by atoms with Crippen molar-refractivity contribution in [1.29, 1.82) is 0 Å². The lowest BCUT2D eigenvalue weighted by atomic mass is 9.99. The normalized spacial score (nSPS) is 19.9. The summed E-state index contributed by atoms with van der Waals surface area (Å²) in [4.78, 5) is 16.7. The summed E-state index contributed by atoms with van der Waals surface area (Å²) in [6.07, 6.45) is 4.87. The molecule has 0 aromatic heterocycles. The third kappa shape index (κ3) is 5.63. The van der Waals surface area contributed by atoms with Gasteiger partial charge in [0, 0.05) is 19.1 Å². The Morgan fingerprint density at radius 3 is 2.80 bits per heavy atom. The number of carbonyl (C=O) groups is 1. The number of likely N-dealkylation sites (N-methyl/N-ethyl adjacent to an activating group) is 1. The third-order valence-electron chi connectivity index (χ3n) is 4.01. The Morgan fingerprint density at radius 2 is 2.20 bits per heavy atom. The van der Waals surface area contributed by atoms with Gasteiger partial charge in [-0.1, -0.05) is 18.6 Å². The van der Waals surface area contributed by atoms with Gasteiger partial charge in [-0.2, -0.15) is 0 Å². The van der Waals surface area contributed by atoms with Crippen molar-refractivity contribution in [3.05, 3.63) is 12.2 Å². The molecule has 1 atom stereocenters. The van der Waals surface area contributed by atoms with Crippen molar-refractivity contribution in [2.24, 2.45) is 0 Å². The first kappa shape index (κ1) is 17.2. The number of hydrogen-bond donors (Lipinski definition) is 1. The van der Waals surface area contributed by atoms with Crippen molar-refractivity contribution in [1.82, 2.24) is 15.1 Å². The largest absolute Gasteiger partial charge is 0.338 e. The van der Waals surface area contributed by atoms with Crippen LogP contribution >= 0.6 is 0 Å². The molecule has 0 bridgehead atoms. The van der Waals surface area contributed by atoms with Crippen LogP contribution in [0, 0.1) is 0 Å². The van der Waals surface area contributed by atoms with E-state index in [4.69, 9.17) is 0 Å². The van der Waals surface area contributed by atoms with Crippen LogP contribution in [0.3, 0.4) is 0 Å². The summed E-state index contributed by atoms with van der Waals surface area (Å²) in [5.41, 5.74) is 1.05. The molecule has 116 valence electrons. The maximum atomic E-state index is 12.4. The van der Waals surface area contributed by atoms with E-state index in [-0.39, 0.29) is 5.91 Å². The summed E-state index contributed by atoms with van der Waals surface area (Å²) in [6, 6.07) is 0.559. The Labute approximate surface area is 124 Å². The second-order valence-corrected chi connectivity index (χ2v) is 5.88. The van der Waals surface area contributed by atoms with Crippen LogP contribution in [0.25, 0.3) is 0 Å². The highest BCUT2D eigenvalue weighted by molar-refractivity contribution is 5.78. The molecular formula is C16H31N3O. The van der Waals surface area contributed by atoms with Crippen molar-refractivity contribution < 1.29 is 4.79 Å². The Kier molecular flexibility index (Phi) is 7.85. The van der Waals surface area contributed by atoms with Crippen molar-refractivity contribution in [2.75, 3.05) is 39.8 Å². The molecular weight excluding hydrogens is 250 g/mol. The van der Waals surface area contributed by atoms with Crippen LogP contribution in [0.4, 0.5) is 0 Å². The first-order chi connectivity index (χ1) is 9.58. The first-order valence-corrected chi connectivity index (χ1v) is 7.89. The fourth-order valence-electron chi connectivity index (χ4n) is 2.88. The number of nitrogens with zero attached hydrogens (tertiary/aromatic N) is 2. The molecule has 1 fully saturated rings. The van der Waals surface area contributed by atoms with E-state index < -0.39 is 0 Å². The highest BCUT2D eigenvalue weighted by Crippen LogP contribution is 2.19. The van der Waals surface area contributed by atoms with E-state index in [9.17, 15) is 4.79 Å². The second-order valence-electron chi connectivity index (χ2n) is 5.88. The van der Waals surface area contributed by atoms with Gasteiger partial charge in [0.2, 0.25) is 5.91 Å². The molecule has 20 heavy (non-hydrogen) atoms. The molecule has 0 aliphatic carbocycles. The lowest BCUT2D eigenvalue weighted by Crippen LogP contribution is -2.47. The van der Waals surface area contributed by atoms with Crippen molar-refractivity contribution in [3.8, 4) is 0 Å². The van der Waals surface area contributed by atoms with Gasteiger partial charge in [-0.15, -0.1) is 0 Å². The Hall–Kier alpha value is -0.870. The van der Waals surface area contributed by atoms with Crippen LogP contribution in [0.1, 0.15) is 39.5 Å². The van der Waals surface area contributed by atoms with E-state index in [2.05, 4.69) is 16.8 Å². The fourth-order valence-corrected chi connectivity index (χ4v) is 2.88. The van der Waals surface area contributed by atoms with Gasteiger partial charge in [0.25, 0.3) is 0 Å². The fraction of sp³-hybridized carbons (Fsp3) is 0.812. The van der Waals surface area contributed by atoms with Crippen LogP contribution < -0.4 is 5.32 Å². The lowest BCUT2D eigenvalue weighted by Gasteiger charge is -2.36. The molecule has 1 aliphatic rings. The van der Waals surface area contributed by atoms with Crippen LogP contribution in [0.2, 0.25) is 0 Å². The molecule has 1 amide bonds. The van der Waals surface area contributed by atoms with Gasteiger partial charge < -0.3 is 10.2 Å². The van der Waals surface area contributed by atoms with Crippen LogP contribution in [-0.4, -0.2) is 61.5 Å². The van der Waals surface area contributed by atoms with E-state index in [0.717, 1.165) is 31.6 Å². The number of carbonyl (C=O) groups excluding carboxylic acids is 1. The highest BCUT2D eigenvalue weighted by atomic mass is 16.2. The molecule has 0 spiro atoms. The lowest BCUT2D eigenvalue weighted by molar-refractivity contribution is -0.132. The summed E-state index contributed by atoms with van der Waals surface area (Å²) in [5, 5.41) is 3.22. The van der Waals surface area contributed by atoms with Crippen LogP contribution in [-0.2, 0) is 4.79 Å². The predicted molar refractivity (Wildman–Crippen MR) is 84.8 cm³/mol. The van der Waals surface area contributed by atoms with Crippen LogP contribution in [0.15, 0.2) is 12.2 Å². The quantitative estimate of drug-likeness (QED) is 0.690. The van der Waals surface area contributed by atoms with Gasteiger partial charge >= 0.3 is 0 Å². The molecule has 0 aromatic carbocycles. The Morgan fingerprint density at radius 1 is 1.45 bits per heavy atom. The highest BCUT2D eigenvalue weighted by Gasteiger charge is 2.25. The minimum atomic E-state index is 0.242. The summed E-state index contributed by atoms with van der Waals surface area (Å²) in [5.74, 6) is 0.242. The van der Waals surface area contributed by atoms with E-state index in [0.29, 0.717) is 19.1 Å². The number of rotatable bonds is 8. The van der Waals surface area contributed by atoms with Crippen molar-refractivity contribution >= 4 is 5.91 Å². The topological polar surface area (TPSA) is 35.6 Å². The maximum absolute atomic E-state index is 12.4. The SMILES string of the molecule is C=C(C)CN(CC)C(=O)CN1CCCCC1CCNC. The van der Waals surface area contributed by atoms with Gasteiger partial charge in [-0.05, 0) is 53.2 Å². The molecule has 4 heteroatoms. The molecule has 1 unspecified atom stereocenters. The maximum Gasteiger partial charge on any atom is 0.237 e. The van der Waals surface area contributed by atoms with Crippen molar-refractivity contribution in [3.63, 3.8) is 0 Å². The Balaban J connectivity index is 2.53. The second kappa shape index (κ2) is 9.14. The smallest absolute Gasteiger partial charge is 0.237 e. The molecule has 1 saturated heterocycles. The molecule has 0 radical (unpaired) electrons.